The van der Waals surface area contributed by atoms with Crippen LogP contribution in [0.25, 0.3) is 10.9 Å². The molecule has 0 saturated heterocycles. The SMILES string of the molecule is CCCCCCN(Cc1ccccc1)C[C@H](Cc1c[nH]c2ccccc12)NC(=O)[C@H](CCCN/C(N)=N/[N+](=O)[O-])NC(=O)[C@@H](Cc1ccccc1)NC(=O)OC(C)(C)C. The molecule has 3 aromatic carbocycles. The summed E-state index contributed by atoms with van der Waals surface area (Å²) >= 11 is 0. The smallest absolute Gasteiger partial charge is 0.408 e. The summed E-state index contributed by atoms with van der Waals surface area (Å²) in [5.74, 6) is -1.35. The summed E-state index contributed by atoms with van der Waals surface area (Å²) in [6.45, 7) is 9.61. The van der Waals surface area contributed by atoms with E-state index in [2.05, 4.69) is 61.4 Å². The van der Waals surface area contributed by atoms with Crippen molar-refractivity contribution in [2.45, 2.75) is 109 Å². The lowest BCUT2D eigenvalue weighted by atomic mass is 10.0. The zero-order valence-corrected chi connectivity index (χ0v) is 34.7. The number of ether oxygens (including phenoxy) is 1. The van der Waals surface area contributed by atoms with Gasteiger partial charge in [-0.15, -0.1) is 0 Å². The number of hydrogen-bond donors (Lipinski definition) is 6. The Hall–Kier alpha value is -5.96. The van der Waals surface area contributed by atoms with Crippen LogP contribution in [-0.4, -0.2) is 82.1 Å². The molecular formula is C44H61N9O6. The van der Waals surface area contributed by atoms with Crippen molar-refractivity contribution in [1.82, 2.24) is 31.2 Å². The maximum atomic E-state index is 14.6. The van der Waals surface area contributed by atoms with E-state index in [9.17, 15) is 24.5 Å². The molecule has 0 aliphatic carbocycles. The normalized spacial score (nSPS) is 13.3. The van der Waals surface area contributed by atoms with Gasteiger partial charge in [-0.25, -0.2) is 14.9 Å². The number of para-hydroxylation sites is 1. The van der Waals surface area contributed by atoms with E-state index in [1.807, 2.05) is 72.9 Å². The maximum absolute atomic E-state index is 14.6. The molecule has 7 N–H and O–H groups in total. The number of H-pyrrole nitrogens is 1. The van der Waals surface area contributed by atoms with Gasteiger partial charge in [-0.2, -0.15) is 0 Å². The standard InChI is InChI=1S/C44H61N9O6/c1-5-6-7-16-26-52(30-33-20-12-9-13-21-33)31-35(28-34-29-47-37-23-15-14-22-36(34)37)48-40(54)38(24-17-25-46-42(45)51-53(57)58)49-41(55)39(27-32-18-10-8-11-19-32)50-43(56)59-44(2,3)4/h8-15,18-23,29,35,38-39,47H,5-7,16-17,24-28,30-31H2,1-4H3,(H,48,54)(H,49,55)(H,50,56)(H3,45,46,51)/t35-,38-,39+/m0/s1. The second-order valence-corrected chi connectivity index (χ2v) is 15.8. The minimum absolute atomic E-state index is 0.144. The van der Waals surface area contributed by atoms with Crippen LogP contribution in [0.1, 0.15) is 82.9 Å². The van der Waals surface area contributed by atoms with Crippen molar-refractivity contribution in [3.63, 3.8) is 0 Å². The summed E-state index contributed by atoms with van der Waals surface area (Å²) < 4.78 is 5.50. The van der Waals surface area contributed by atoms with Gasteiger partial charge in [0, 0.05) is 49.2 Å². The van der Waals surface area contributed by atoms with Gasteiger partial charge < -0.3 is 36.7 Å². The van der Waals surface area contributed by atoms with Crippen molar-refractivity contribution in [2.24, 2.45) is 10.8 Å². The summed E-state index contributed by atoms with van der Waals surface area (Å²) in [7, 11) is 0. The zero-order chi connectivity index (χ0) is 42.6. The molecule has 0 spiro atoms. The van der Waals surface area contributed by atoms with Crippen LogP contribution in [0.2, 0.25) is 0 Å². The number of guanidine groups is 1. The first kappa shape index (κ1) is 45.7. The molecule has 0 unspecified atom stereocenters. The lowest BCUT2D eigenvalue weighted by Crippen LogP contribution is -2.57. The first-order chi connectivity index (χ1) is 28.3. The Morgan fingerprint density at radius 1 is 0.847 bits per heavy atom. The molecule has 4 rings (SSSR count). The van der Waals surface area contributed by atoms with Gasteiger partial charge in [-0.1, -0.05) is 105 Å². The number of carbonyl (C=O) groups excluding carboxylic acids is 3. The van der Waals surface area contributed by atoms with Crippen LogP contribution in [0.3, 0.4) is 0 Å². The number of amides is 3. The van der Waals surface area contributed by atoms with E-state index in [1.54, 1.807) is 20.8 Å². The van der Waals surface area contributed by atoms with Gasteiger partial charge in [0.25, 0.3) is 5.96 Å². The third-order valence-electron chi connectivity index (χ3n) is 9.63. The van der Waals surface area contributed by atoms with Crippen LogP contribution in [0.15, 0.2) is 96.2 Å². The lowest BCUT2D eigenvalue weighted by Gasteiger charge is -2.30. The predicted octanol–water partition coefficient (Wildman–Crippen LogP) is 5.77. The number of nitrogens with one attached hydrogen (secondary N) is 5. The highest BCUT2D eigenvalue weighted by atomic mass is 16.7. The molecule has 15 nitrogen and oxygen atoms in total. The van der Waals surface area contributed by atoms with Crippen molar-refractivity contribution < 1.29 is 24.2 Å². The zero-order valence-electron chi connectivity index (χ0n) is 34.7. The van der Waals surface area contributed by atoms with E-state index < -0.39 is 40.6 Å². The average molecular weight is 812 g/mol. The molecule has 4 aromatic rings. The van der Waals surface area contributed by atoms with Crippen molar-refractivity contribution in [3.05, 3.63) is 118 Å². The molecular weight excluding hydrogens is 751 g/mol. The van der Waals surface area contributed by atoms with Crippen molar-refractivity contribution >= 4 is 34.8 Å². The molecule has 59 heavy (non-hydrogen) atoms. The molecule has 318 valence electrons. The molecule has 0 fully saturated rings. The Labute approximate surface area is 347 Å². The lowest BCUT2D eigenvalue weighted by molar-refractivity contribution is -0.485. The van der Waals surface area contributed by atoms with Gasteiger partial charge in [0.1, 0.15) is 22.8 Å². The monoisotopic (exact) mass is 811 g/mol. The van der Waals surface area contributed by atoms with Gasteiger partial charge in [-0.05, 0) is 75.8 Å². The number of benzene rings is 3. The maximum Gasteiger partial charge on any atom is 0.408 e. The number of hydrogen-bond acceptors (Lipinski definition) is 7. The van der Waals surface area contributed by atoms with Crippen LogP contribution >= 0.6 is 0 Å². The van der Waals surface area contributed by atoms with Crippen LogP contribution < -0.4 is 27.0 Å². The molecule has 3 amide bonds. The molecule has 3 atom stereocenters. The molecule has 0 saturated carbocycles. The van der Waals surface area contributed by atoms with Gasteiger partial charge >= 0.3 is 6.09 Å². The highest BCUT2D eigenvalue weighted by Gasteiger charge is 2.30. The molecule has 0 radical (unpaired) electrons. The number of unbranched alkanes of at least 4 members (excludes halogenated alkanes) is 3. The molecule has 1 heterocycles. The van der Waals surface area contributed by atoms with Crippen molar-refractivity contribution in [3.8, 4) is 0 Å². The Morgan fingerprint density at radius 2 is 1.51 bits per heavy atom. The fourth-order valence-electron chi connectivity index (χ4n) is 6.88. The second kappa shape index (κ2) is 23.4. The Balaban J connectivity index is 1.63. The summed E-state index contributed by atoms with van der Waals surface area (Å²) in [4.78, 5) is 58.3. The fraction of sp³-hybridized carbons (Fsp3) is 0.455. The average Bonchev–Trinajstić information content (AvgIpc) is 3.59. The highest BCUT2D eigenvalue weighted by Crippen LogP contribution is 2.20. The third-order valence-corrected chi connectivity index (χ3v) is 9.63. The van der Waals surface area contributed by atoms with Crippen molar-refractivity contribution in [2.75, 3.05) is 19.6 Å². The van der Waals surface area contributed by atoms with Crippen LogP contribution in [0.5, 0.6) is 0 Å². The second-order valence-electron chi connectivity index (χ2n) is 15.8. The number of alkyl carbamates (subject to hydrolysis) is 1. The number of hydrazone groups is 1. The van der Waals surface area contributed by atoms with E-state index in [1.165, 1.54) is 5.56 Å². The molecule has 0 bridgehead atoms. The molecule has 15 heteroatoms. The largest absolute Gasteiger partial charge is 0.444 e. The number of nitrogens with zero attached hydrogens (tertiary/aromatic N) is 3. The minimum Gasteiger partial charge on any atom is -0.444 e. The number of aromatic amines is 1. The number of nitro groups is 1. The Kier molecular flexibility index (Phi) is 18.2. The van der Waals surface area contributed by atoms with Gasteiger partial charge in [0.05, 0.1) is 0 Å². The Morgan fingerprint density at radius 3 is 2.19 bits per heavy atom. The first-order valence-electron chi connectivity index (χ1n) is 20.5. The highest BCUT2D eigenvalue weighted by molar-refractivity contribution is 5.91. The summed E-state index contributed by atoms with van der Waals surface area (Å²) in [6.07, 6.45) is 6.68. The topological polar surface area (TPSA) is 209 Å². The molecule has 0 aliphatic heterocycles. The molecule has 1 aromatic heterocycles. The number of fused-ring (bicyclic) bond motifs is 1. The van der Waals surface area contributed by atoms with E-state index in [-0.39, 0.29) is 31.4 Å². The third kappa shape index (κ3) is 16.8. The quantitative estimate of drug-likeness (QED) is 0.0176. The fourth-order valence-corrected chi connectivity index (χ4v) is 6.88. The summed E-state index contributed by atoms with van der Waals surface area (Å²) in [5, 5.41) is 25.7. The van der Waals surface area contributed by atoms with Gasteiger partial charge in [0.2, 0.25) is 11.8 Å². The Bertz CT molecular complexity index is 1950. The number of carbonyl (C=O) groups is 3. The van der Waals surface area contributed by atoms with E-state index in [4.69, 9.17) is 10.5 Å². The van der Waals surface area contributed by atoms with Gasteiger partial charge in [-0.3, -0.25) is 14.5 Å². The van der Waals surface area contributed by atoms with Crippen LogP contribution in [0.4, 0.5) is 4.79 Å². The van der Waals surface area contributed by atoms with Crippen LogP contribution in [0, 0.1) is 10.1 Å². The predicted molar refractivity (Wildman–Crippen MR) is 231 cm³/mol. The number of aromatic nitrogens is 1. The minimum atomic E-state index is -1.07. The van der Waals surface area contributed by atoms with Crippen LogP contribution in [-0.2, 0) is 33.7 Å². The van der Waals surface area contributed by atoms with Gasteiger partial charge in [0.15, 0.2) is 5.03 Å². The van der Waals surface area contributed by atoms with E-state index >= 15 is 0 Å². The van der Waals surface area contributed by atoms with E-state index in [0.717, 1.165) is 54.3 Å². The summed E-state index contributed by atoms with van der Waals surface area (Å²) in [5.41, 5.74) is 8.84. The summed E-state index contributed by atoms with van der Waals surface area (Å²) in [6, 6.07) is 25.0. The first-order valence-corrected chi connectivity index (χ1v) is 20.5. The molecule has 0 aliphatic rings. The van der Waals surface area contributed by atoms with E-state index in [0.29, 0.717) is 25.9 Å². The number of rotatable bonds is 23. The van der Waals surface area contributed by atoms with Crippen molar-refractivity contribution in [1.29, 1.82) is 0 Å². The number of nitrogens with two attached hydrogens (primary N) is 1.